The predicted molar refractivity (Wildman–Crippen MR) is 154 cm³/mol. The number of imidazole rings is 1. The van der Waals surface area contributed by atoms with Crippen molar-refractivity contribution in [2.75, 3.05) is 31.7 Å². The minimum absolute atomic E-state index is 0.0263. The van der Waals surface area contributed by atoms with Crippen LogP contribution in [0.25, 0.3) is 11.0 Å². The van der Waals surface area contributed by atoms with Gasteiger partial charge >= 0.3 is 5.97 Å². The Morgan fingerprint density at radius 3 is 2.74 bits per heavy atom. The van der Waals surface area contributed by atoms with Gasteiger partial charge in [0.2, 0.25) is 5.88 Å². The second kappa shape index (κ2) is 11.9. The molecule has 4 heterocycles. The molecular weight excluding hydrogens is 557 g/mol. The van der Waals surface area contributed by atoms with E-state index < -0.39 is 11.8 Å². The molecule has 13 heteroatoms. The number of nitrogens with zero attached hydrogens (tertiary/aromatic N) is 7. The fourth-order valence-corrected chi connectivity index (χ4v) is 4.94. The van der Waals surface area contributed by atoms with Crippen molar-refractivity contribution in [1.29, 1.82) is 5.26 Å². The average Bonchev–Trinajstić information content (AvgIpc) is 3.34. The first-order valence-electron chi connectivity index (χ1n) is 13.7. The van der Waals surface area contributed by atoms with Crippen LogP contribution in [0.4, 0.5) is 10.2 Å². The highest BCUT2D eigenvalue weighted by Crippen LogP contribution is 2.30. The Balaban J connectivity index is 1.17. The molecule has 1 N–H and O–H groups in total. The molecule has 0 spiro atoms. The monoisotopic (exact) mass is 585 g/mol. The van der Waals surface area contributed by atoms with Crippen molar-refractivity contribution in [3.8, 4) is 17.7 Å². The van der Waals surface area contributed by atoms with E-state index in [1.54, 1.807) is 30.6 Å². The number of hydrazone groups is 1. The zero-order chi connectivity index (χ0) is 29.9. The van der Waals surface area contributed by atoms with Crippen molar-refractivity contribution < 1.29 is 28.5 Å². The van der Waals surface area contributed by atoms with Crippen LogP contribution in [0.15, 0.2) is 53.6 Å². The molecule has 1 fully saturated rings. The van der Waals surface area contributed by atoms with E-state index in [0.29, 0.717) is 66.8 Å². The van der Waals surface area contributed by atoms with Crippen LogP contribution >= 0.6 is 0 Å². The number of hydrogen-bond acceptors (Lipinski definition) is 10. The van der Waals surface area contributed by atoms with Crippen LogP contribution in [0.1, 0.15) is 33.7 Å². The zero-order valence-corrected chi connectivity index (χ0v) is 23.3. The van der Waals surface area contributed by atoms with E-state index in [1.165, 1.54) is 25.3 Å². The van der Waals surface area contributed by atoms with Crippen LogP contribution < -0.4 is 14.4 Å². The molecular formula is C30H28FN7O5. The summed E-state index contributed by atoms with van der Waals surface area (Å²) < 4.78 is 33.1. The molecule has 0 bridgehead atoms. The highest BCUT2D eigenvalue weighted by molar-refractivity contribution is 5.95. The summed E-state index contributed by atoms with van der Waals surface area (Å²) in [7, 11) is 1.50. The van der Waals surface area contributed by atoms with Crippen molar-refractivity contribution in [3.05, 3.63) is 76.9 Å². The standard InChI is InChI=1S/C30H28FN7O5/c1-41-25-13-21(30(39)40)12-24-29(25)35-27(38(24)15-22-7-10-42-22)16-37-9-8-36(18-33-37)26-3-2-4-28(34-26)43-17-20-6-5-19(14-32)11-23(20)31/h2-6,11-13,18,22H,7-10,15-17H2,1H3,(H,39,40). The molecule has 1 atom stereocenters. The number of pyridine rings is 1. The number of nitriles is 1. The van der Waals surface area contributed by atoms with E-state index in [9.17, 15) is 14.3 Å². The number of carboxylic acids is 1. The molecule has 4 aromatic rings. The van der Waals surface area contributed by atoms with Gasteiger partial charge in [0.1, 0.15) is 41.7 Å². The van der Waals surface area contributed by atoms with Crippen molar-refractivity contribution >= 4 is 29.2 Å². The average molecular weight is 586 g/mol. The summed E-state index contributed by atoms with van der Waals surface area (Å²) in [5.41, 5.74) is 1.96. The second-order valence-electron chi connectivity index (χ2n) is 10.1. The molecule has 0 amide bonds. The molecule has 2 aliphatic heterocycles. The largest absolute Gasteiger partial charge is 0.494 e. The number of carbonyl (C=O) groups is 1. The van der Waals surface area contributed by atoms with Crippen molar-refractivity contribution in [2.45, 2.75) is 32.2 Å². The number of rotatable bonds is 10. The highest BCUT2D eigenvalue weighted by atomic mass is 19.1. The maximum atomic E-state index is 14.2. The van der Waals surface area contributed by atoms with Gasteiger partial charge in [-0.15, -0.1) is 0 Å². The lowest BCUT2D eigenvalue weighted by Crippen LogP contribution is -2.38. The normalized spacial score (nSPS) is 16.2. The van der Waals surface area contributed by atoms with Crippen molar-refractivity contribution in [1.82, 2.24) is 19.5 Å². The quantitative estimate of drug-likeness (QED) is 0.293. The number of benzene rings is 2. The molecule has 2 aromatic heterocycles. The van der Waals surface area contributed by atoms with Gasteiger partial charge in [0.15, 0.2) is 0 Å². The SMILES string of the molecule is COc1cc(C(=O)O)cc2c1nc(CN1CCN(c3cccc(OCc4ccc(C#N)cc4F)n3)C=N1)n2CC1CCO1. The molecule has 12 nitrogen and oxygen atoms in total. The van der Waals surface area contributed by atoms with Gasteiger partial charge in [0.05, 0.1) is 55.6 Å². The summed E-state index contributed by atoms with van der Waals surface area (Å²) in [5, 5.41) is 25.1. The van der Waals surface area contributed by atoms with E-state index in [-0.39, 0.29) is 23.8 Å². The van der Waals surface area contributed by atoms with Crippen LogP contribution in [0.5, 0.6) is 11.6 Å². The number of aromatic nitrogens is 3. The Labute approximate surface area is 246 Å². The predicted octanol–water partition coefficient (Wildman–Crippen LogP) is 3.78. The Bertz CT molecular complexity index is 1750. The molecule has 0 saturated carbocycles. The third kappa shape index (κ3) is 5.91. The van der Waals surface area contributed by atoms with Crippen LogP contribution in [-0.2, 0) is 24.4 Å². The van der Waals surface area contributed by atoms with Gasteiger partial charge in [-0.2, -0.15) is 15.3 Å². The number of carboxylic acid groups (broad SMARTS) is 1. The number of anilines is 1. The first kappa shape index (κ1) is 27.9. The molecule has 6 rings (SSSR count). The third-order valence-corrected chi connectivity index (χ3v) is 7.38. The molecule has 0 aliphatic carbocycles. The lowest BCUT2D eigenvalue weighted by Gasteiger charge is -2.30. The topological polar surface area (TPSA) is 138 Å². The molecule has 220 valence electrons. The van der Waals surface area contributed by atoms with Gasteiger partial charge in [-0.1, -0.05) is 12.1 Å². The first-order chi connectivity index (χ1) is 20.9. The number of halogens is 1. The summed E-state index contributed by atoms with van der Waals surface area (Å²) in [6.45, 7) is 2.77. The summed E-state index contributed by atoms with van der Waals surface area (Å²) in [6, 6.07) is 14.6. The number of ether oxygens (including phenoxy) is 3. The minimum Gasteiger partial charge on any atom is -0.494 e. The summed E-state index contributed by atoms with van der Waals surface area (Å²) in [6.07, 6.45) is 2.63. The fraction of sp³-hybridized carbons (Fsp3) is 0.300. The smallest absolute Gasteiger partial charge is 0.335 e. The van der Waals surface area contributed by atoms with Crippen LogP contribution in [-0.4, -0.2) is 69.9 Å². The molecule has 1 unspecified atom stereocenters. The van der Waals surface area contributed by atoms with E-state index in [1.807, 2.05) is 26.6 Å². The van der Waals surface area contributed by atoms with Gasteiger partial charge in [-0.3, -0.25) is 5.01 Å². The highest BCUT2D eigenvalue weighted by Gasteiger charge is 2.25. The number of methoxy groups -OCH3 is 1. The minimum atomic E-state index is -1.04. The fourth-order valence-electron chi connectivity index (χ4n) is 4.94. The summed E-state index contributed by atoms with van der Waals surface area (Å²) in [5.74, 6) is 0.529. The van der Waals surface area contributed by atoms with Crippen LogP contribution in [0.3, 0.4) is 0 Å². The molecule has 0 radical (unpaired) electrons. The van der Waals surface area contributed by atoms with E-state index in [0.717, 1.165) is 12.2 Å². The van der Waals surface area contributed by atoms with E-state index in [4.69, 9.17) is 24.5 Å². The van der Waals surface area contributed by atoms with Crippen molar-refractivity contribution in [2.24, 2.45) is 5.10 Å². The Hall–Kier alpha value is -5.22. The Morgan fingerprint density at radius 1 is 1.21 bits per heavy atom. The summed E-state index contributed by atoms with van der Waals surface area (Å²) >= 11 is 0. The Morgan fingerprint density at radius 2 is 2.07 bits per heavy atom. The van der Waals surface area contributed by atoms with E-state index in [2.05, 4.69) is 10.1 Å². The zero-order valence-electron chi connectivity index (χ0n) is 23.3. The van der Waals surface area contributed by atoms with Gasteiger partial charge in [-0.05, 0) is 36.8 Å². The van der Waals surface area contributed by atoms with Gasteiger partial charge in [-0.25, -0.2) is 14.2 Å². The maximum Gasteiger partial charge on any atom is 0.335 e. The number of aromatic carboxylic acids is 1. The van der Waals surface area contributed by atoms with Gasteiger partial charge in [0.25, 0.3) is 0 Å². The van der Waals surface area contributed by atoms with Crippen molar-refractivity contribution in [3.63, 3.8) is 0 Å². The molecule has 2 aliphatic rings. The van der Waals surface area contributed by atoms with Crippen LogP contribution in [0.2, 0.25) is 0 Å². The molecule has 43 heavy (non-hydrogen) atoms. The second-order valence-corrected chi connectivity index (χ2v) is 10.1. The number of fused-ring (bicyclic) bond motifs is 1. The first-order valence-corrected chi connectivity index (χ1v) is 13.7. The maximum absolute atomic E-state index is 14.2. The third-order valence-electron chi connectivity index (χ3n) is 7.38. The lowest BCUT2D eigenvalue weighted by molar-refractivity contribution is -0.0592. The molecule has 1 saturated heterocycles. The van der Waals surface area contributed by atoms with Crippen LogP contribution in [0, 0.1) is 17.1 Å². The molecule has 2 aromatic carbocycles. The van der Waals surface area contributed by atoms with Gasteiger partial charge in [0, 0.05) is 24.8 Å². The summed E-state index contributed by atoms with van der Waals surface area (Å²) in [4.78, 5) is 23.0. The lowest BCUT2D eigenvalue weighted by atomic mass is 10.1. The van der Waals surface area contributed by atoms with Gasteiger partial charge < -0.3 is 28.8 Å². The van der Waals surface area contributed by atoms with E-state index >= 15 is 0 Å². The Kier molecular flexibility index (Phi) is 7.76. The number of hydrogen-bond donors (Lipinski definition) is 1.